The summed E-state index contributed by atoms with van der Waals surface area (Å²) in [6, 6.07) is 9.22. The lowest BCUT2D eigenvalue weighted by atomic mass is 9.90. The van der Waals surface area contributed by atoms with E-state index in [1.54, 1.807) is 6.08 Å². The van der Waals surface area contributed by atoms with Crippen LogP contribution in [0.4, 0.5) is 0 Å². The second kappa shape index (κ2) is 4.44. The van der Waals surface area contributed by atoms with Crippen LogP contribution in [0.1, 0.15) is 23.7 Å². The van der Waals surface area contributed by atoms with E-state index in [1.807, 2.05) is 43.3 Å². The van der Waals surface area contributed by atoms with Crippen LogP contribution in [-0.4, -0.2) is 11.6 Å². The van der Waals surface area contributed by atoms with Crippen LogP contribution in [0.25, 0.3) is 0 Å². The lowest BCUT2D eigenvalue weighted by Gasteiger charge is -2.12. The summed E-state index contributed by atoms with van der Waals surface area (Å²) in [5.74, 6) is 0.260. The maximum Gasteiger partial charge on any atom is 0.163 e. The van der Waals surface area contributed by atoms with Crippen molar-refractivity contribution in [2.75, 3.05) is 0 Å². The topological polar surface area (TPSA) is 34.1 Å². The zero-order chi connectivity index (χ0) is 11.5. The molecule has 1 aromatic rings. The van der Waals surface area contributed by atoms with Gasteiger partial charge in [0.25, 0.3) is 0 Å². The molecule has 0 saturated heterocycles. The second-order valence-corrected chi connectivity index (χ2v) is 4.21. The van der Waals surface area contributed by atoms with Crippen LogP contribution >= 0.6 is 0 Å². The van der Waals surface area contributed by atoms with Crippen molar-refractivity contribution in [1.82, 2.24) is 0 Å². The Morgan fingerprint density at radius 1 is 1.25 bits per heavy atom. The molecule has 0 spiro atoms. The third kappa shape index (κ3) is 2.11. The van der Waals surface area contributed by atoms with Crippen molar-refractivity contribution in [2.24, 2.45) is 11.8 Å². The number of rotatable bonds is 3. The first-order valence-corrected chi connectivity index (χ1v) is 5.49. The molecule has 0 saturated carbocycles. The van der Waals surface area contributed by atoms with Crippen molar-refractivity contribution < 1.29 is 9.59 Å². The lowest BCUT2D eigenvalue weighted by molar-refractivity contribution is -0.117. The largest absolute Gasteiger partial charge is 0.295 e. The summed E-state index contributed by atoms with van der Waals surface area (Å²) in [5, 5.41) is 0. The fourth-order valence-corrected chi connectivity index (χ4v) is 1.95. The van der Waals surface area contributed by atoms with E-state index in [4.69, 9.17) is 0 Å². The van der Waals surface area contributed by atoms with Crippen LogP contribution < -0.4 is 0 Å². The highest BCUT2D eigenvalue weighted by Crippen LogP contribution is 2.26. The van der Waals surface area contributed by atoms with Gasteiger partial charge >= 0.3 is 0 Å². The van der Waals surface area contributed by atoms with E-state index in [2.05, 4.69) is 0 Å². The highest BCUT2D eigenvalue weighted by atomic mass is 16.1. The molecule has 2 rings (SSSR count). The number of hydrogen-bond donors (Lipinski definition) is 0. The third-order valence-corrected chi connectivity index (χ3v) is 3.12. The summed E-state index contributed by atoms with van der Waals surface area (Å²) in [6.45, 7) is 1.88. The summed E-state index contributed by atoms with van der Waals surface area (Å²) >= 11 is 0. The van der Waals surface area contributed by atoms with E-state index in [1.165, 1.54) is 0 Å². The van der Waals surface area contributed by atoms with Gasteiger partial charge < -0.3 is 0 Å². The smallest absolute Gasteiger partial charge is 0.163 e. The molecule has 1 aliphatic carbocycles. The van der Waals surface area contributed by atoms with Crippen molar-refractivity contribution in [3.05, 3.63) is 48.0 Å². The molecule has 0 heterocycles. The number of Topliss-reactive ketones (excluding diaryl/α,β-unsaturated/α-hetero) is 1. The quantitative estimate of drug-likeness (QED) is 0.725. The number of benzene rings is 1. The minimum Gasteiger partial charge on any atom is -0.295 e. The minimum atomic E-state index is -0.0485. The first-order valence-electron chi connectivity index (χ1n) is 5.49. The van der Waals surface area contributed by atoms with E-state index < -0.39 is 0 Å². The normalized spacial score (nSPS) is 23.7. The monoisotopic (exact) mass is 214 g/mol. The average molecular weight is 214 g/mol. The van der Waals surface area contributed by atoms with E-state index in [-0.39, 0.29) is 23.4 Å². The number of ketones is 2. The summed E-state index contributed by atoms with van der Waals surface area (Å²) in [6.07, 6.45) is 3.87. The molecule has 0 fully saturated rings. The van der Waals surface area contributed by atoms with Crippen LogP contribution in [0.5, 0.6) is 0 Å². The molecule has 16 heavy (non-hydrogen) atoms. The van der Waals surface area contributed by atoms with Crippen LogP contribution in [0, 0.1) is 11.8 Å². The second-order valence-electron chi connectivity index (χ2n) is 4.21. The fraction of sp³-hybridized carbons (Fsp3) is 0.286. The predicted molar refractivity (Wildman–Crippen MR) is 62.2 cm³/mol. The Balaban J connectivity index is 2.04. The Kier molecular flexibility index (Phi) is 3.00. The molecule has 82 valence electrons. The molecule has 0 radical (unpaired) electrons. The molecule has 2 heteroatoms. The molecule has 0 amide bonds. The molecular weight excluding hydrogens is 200 g/mol. The summed E-state index contributed by atoms with van der Waals surface area (Å²) < 4.78 is 0. The van der Waals surface area contributed by atoms with E-state index >= 15 is 0 Å². The SMILES string of the molecule is C[C@H]1C(=O)C=C[C@@H]1CC(=O)c1ccccc1. The number of carbonyl (C=O) groups excluding carboxylic acids is 2. The zero-order valence-corrected chi connectivity index (χ0v) is 9.22. The molecule has 1 aromatic carbocycles. The maximum atomic E-state index is 11.9. The van der Waals surface area contributed by atoms with Gasteiger partial charge in [-0.05, 0) is 12.0 Å². The van der Waals surface area contributed by atoms with Gasteiger partial charge in [0, 0.05) is 17.9 Å². The van der Waals surface area contributed by atoms with E-state index in [0.717, 1.165) is 5.56 Å². The average Bonchev–Trinajstić information content (AvgIpc) is 2.62. The minimum absolute atomic E-state index is 0.0485. The summed E-state index contributed by atoms with van der Waals surface area (Å²) in [7, 11) is 0. The lowest BCUT2D eigenvalue weighted by Crippen LogP contribution is -2.15. The fourth-order valence-electron chi connectivity index (χ4n) is 1.95. The Morgan fingerprint density at radius 3 is 2.50 bits per heavy atom. The van der Waals surface area contributed by atoms with Gasteiger partial charge in [-0.3, -0.25) is 9.59 Å². The van der Waals surface area contributed by atoms with Gasteiger partial charge in [-0.2, -0.15) is 0 Å². The van der Waals surface area contributed by atoms with E-state index in [0.29, 0.717) is 6.42 Å². The molecule has 0 N–H and O–H groups in total. The number of hydrogen-bond acceptors (Lipinski definition) is 2. The zero-order valence-electron chi connectivity index (χ0n) is 9.22. The van der Waals surface area contributed by atoms with Crippen molar-refractivity contribution in [3.8, 4) is 0 Å². The Labute approximate surface area is 95.0 Å². The highest BCUT2D eigenvalue weighted by Gasteiger charge is 2.27. The Bertz CT molecular complexity index is 431. The molecule has 0 bridgehead atoms. The van der Waals surface area contributed by atoms with Crippen molar-refractivity contribution in [2.45, 2.75) is 13.3 Å². The van der Waals surface area contributed by atoms with Crippen molar-refractivity contribution in [1.29, 1.82) is 0 Å². The molecule has 0 aliphatic heterocycles. The van der Waals surface area contributed by atoms with Gasteiger partial charge in [0.1, 0.15) is 0 Å². The van der Waals surface area contributed by atoms with Gasteiger partial charge in [-0.25, -0.2) is 0 Å². The Morgan fingerprint density at radius 2 is 1.94 bits per heavy atom. The molecule has 1 aliphatic rings. The third-order valence-electron chi connectivity index (χ3n) is 3.12. The molecule has 2 atom stereocenters. The molecule has 0 unspecified atom stereocenters. The van der Waals surface area contributed by atoms with Crippen LogP contribution in [-0.2, 0) is 4.79 Å². The molecule has 2 nitrogen and oxygen atoms in total. The number of allylic oxidation sites excluding steroid dienone is 2. The van der Waals surface area contributed by atoms with Crippen LogP contribution in [0.2, 0.25) is 0 Å². The van der Waals surface area contributed by atoms with Gasteiger partial charge in [-0.1, -0.05) is 43.3 Å². The highest BCUT2D eigenvalue weighted by molar-refractivity contribution is 5.99. The first kappa shape index (κ1) is 10.8. The van der Waals surface area contributed by atoms with Crippen LogP contribution in [0.15, 0.2) is 42.5 Å². The Hall–Kier alpha value is -1.70. The van der Waals surface area contributed by atoms with Crippen molar-refractivity contribution in [3.63, 3.8) is 0 Å². The molecular formula is C14H14O2. The summed E-state index contributed by atoms with van der Waals surface area (Å²) in [4.78, 5) is 23.2. The van der Waals surface area contributed by atoms with Gasteiger partial charge in [0.15, 0.2) is 11.6 Å². The van der Waals surface area contributed by atoms with Crippen LogP contribution in [0.3, 0.4) is 0 Å². The maximum absolute atomic E-state index is 11.9. The van der Waals surface area contributed by atoms with E-state index in [9.17, 15) is 9.59 Å². The van der Waals surface area contributed by atoms with Gasteiger partial charge in [-0.15, -0.1) is 0 Å². The standard InChI is InChI=1S/C14H14O2/c1-10-12(7-8-13(10)15)9-14(16)11-5-3-2-4-6-11/h2-8,10,12H,9H2,1H3/t10-,12-/m1/s1. The molecule has 0 aromatic heterocycles. The van der Waals surface area contributed by atoms with Gasteiger partial charge in [0.05, 0.1) is 0 Å². The number of carbonyl (C=O) groups is 2. The summed E-state index contributed by atoms with van der Waals surface area (Å²) in [5.41, 5.74) is 0.724. The first-order chi connectivity index (χ1) is 7.68. The van der Waals surface area contributed by atoms with Gasteiger partial charge in [0.2, 0.25) is 0 Å². The predicted octanol–water partition coefficient (Wildman–Crippen LogP) is 2.65. The van der Waals surface area contributed by atoms with Crippen molar-refractivity contribution >= 4 is 11.6 Å².